The van der Waals surface area contributed by atoms with Crippen molar-refractivity contribution in [2.24, 2.45) is 17.8 Å². The Balaban J connectivity index is 1.17. The molecule has 5 aromatic rings. The van der Waals surface area contributed by atoms with Gasteiger partial charge in [-0.15, -0.1) is 0 Å². The highest BCUT2D eigenvalue weighted by molar-refractivity contribution is 6.99. The van der Waals surface area contributed by atoms with Crippen LogP contribution in [0.15, 0.2) is 156 Å². The van der Waals surface area contributed by atoms with E-state index in [-0.39, 0.29) is 35.5 Å². The number of nitrogens with one attached hydrogen (secondary N) is 1. The Morgan fingerprint density at radius 2 is 1.40 bits per heavy atom. The number of carbonyl (C=O) groups excluding carboxylic acids is 2. The molecule has 0 bridgehead atoms. The number of benzene rings is 5. The number of fused-ring (bicyclic) bond motifs is 3. The van der Waals surface area contributed by atoms with Crippen LogP contribution in [0.4, 0.5) is 17.1 Å². The molecule has 2 aliphatic heterocycles. The largest absolute Gasteiger partial charge is 0.507 e. The minimum atomic E-state index is -3.00. The lowest BCUT2D eigenvalue weighted by Gasteiger charge is -2.46. The predicted octanol–water partition coefficient (Wildman–Crippen LogP) is 8.90. The van der Waals surface area contributed by atoms with Crippen LogP contribution < -0.4 is 20.6 Å². The van der Waals surface area contributed by atoms with Crippen LogP contribution in [-0.2, 0) is 18.7 Å². The first-order valence-electron chi connectivity index (χ1n) is 21.0. The van der Waals surface area contributed by atoms with Gasteiger partial charge in [-0.1, -0.05) is 129 Å². The number of amides is 2. The highest BCUT2D eigenvalue weighted by atomic mass is 28.4. The van der Waals surface area contributed by atoms with E-state index in [0.29, 0.717) is 24.9 Å². The van der Waals surface area contributed by atoms with Crippen LogP contribution in [0.5, 0.6) is 5.75 Å². The zero-order chi connectivity index (χ0) is 42.0. The van der Waals surface area contributed by atoms with Crippen LogP contribution in [0.25, 0.3) is 6.08 Å². The zero-order valence-electron chi connectivity index (χ0n) is 34.8. The molecule has 3 aliphatic rings. The Kier molecular flexibility index (Phi) is 11.8. The van der Waals surface area contributed by atoms with Crippen molar-refractivity contribution < 1.29 is 28.8 Å². The molecule has 3 N–H and O–H groups in total. The number of phenolic OH excluding ortho intramolecular Hbond substituents is 1. The minimum Gasteiger partial charge on any atom is -0.507 e. The summed E-state index contributed by atoms with van der Waals surface area (Å²) in [5.74, 6) is -1.94. The molecule has 4 atom stereocenters. The summed E-state index contributed by atoms with van der Waals surface area (Å²) in [6, 6.07) is 45.5. The molecule has 60 heavy (non-hydrogen) atoms. The standard InChI is InChI=1S/C50H53BN2O6Si/c1-34(30-35-16-14-15-23-44(35)54)24-29-45-46-36(33-58-60(50(2,3)4,40-19-10-6-11-20-40)41-21-12-7-13-22-41)31-42-47(43(46)32-51(57)59-45)49(56)53(48(42)55)39-27-25-38(26-28-39)52-37-17-8-5-9-18-37/h5-23,25-28,30,42-43,45,47,52,54,57H,24,29,31-33H2,1-4H3/b34-30+/t42-,43+,45-,47-/m1/s1. The highest BCUT2D eigenvalue weighted by Crippen LogP contribution is 2.52. The number of nitrogens with zero attached hydrogens (tertiary/aromatic N) is 1. The quantitative estimate of drug-likeness (QED) is 0.0656. The van der Waals surface area contributed by atoms with Crippen LogP contribution in [0.2, 0.25) is 11.4 Å². The number of carbonyl (C=O) groups is 2. The predicted molar refractivity (Wildman–Crippen MR) is 243 cm³/mol. The maximum atomic E-state index is 14.7. The summed E-state index contributed by atoms with van der Waals surface area (Å²) < 4.78 is 14.0. The van der Waals surface area contributed by atoms with Gasteiger partial charge in [0.05, 0.1) is 30.2 Å². The third-order valence-electron chi connectivity index (χ3n) is 12.5. The molecular weight excluding hydrogens is 763 g/mol. The van der Waals surface area contributed by atoms with Crippen molar-refractivity contribution in [3.63, 3.8) is 0 Å². The Morgan fingerprint density at radius 3 is 2.02 bits per heavy atom. The Hall–Kier alpha value is -5.52. The fourth-order valence-corrected chi connectivity index (χ4v) is 14.3. The Morgan fingerprint density at radius 1 is 0.817 bits per heavy atom. The molecule has 306 valence electrons. The number of allylic oxidation sites excluding steroid dienone is 1. The van der Waals surface area contributed by atoms with Crippen LogP contribution in [-0.4, -0.2) is 50.1 Å². The van der Waals surface area contributed by atoms with Crippen LogP contribution >= 0.6 is 0 Å². The van der Waals surface area contributed by atoms with E-state index in [4.69, 9.17) is 9.08 Å². The highest BCUT2D eigenvalue weighted by Gasteiger charge is 2.58. The van der Waals surface area contributed by atoms with Gasteiger partial charge in [0.1, 0.15) is 5.75 Å². The summed E-state index contributed by atoms with van der Waals surface area (Å²) in [5.41, 5.74) is 6.02. The Labute approximate surface area is 354 Å². The van der Waals surface area contributed by atoms with E-state index in [1.54, 1.807) is 12.1 Å². The van der Waals surface area contributed by atoms with Crippen molar-refractivity contribution in [2.75, 3.05) is 16.8 Å². The first kappa shape index (κ1) is 41.2. The molecular formula is C50H53BN2O6Si. The monoisotopic (exact) mass is 816 g/mol. The number of rotatable bonds is 12. The van der Waals surface area contributed by atoms with Gasteiger partial charge < -0.3 is 24.5 Å². The fraction of sp³-hybridized carbons (Fsp3) is 0.280. The number of phenols is 1. The molecule has 0 saturated carbocycles. The second-order valence-corrected chi connectivity index (χ2v) is 21.7. The molecule has 2 heterocycles. The number of aromatic hydroxyl groups is 1. The zero-order valence-corrected chi connectivity index (χ0v) is 35.8. The molecule has 10 heteroatoms. The summed E-state index contributed by atoms with van der Waals surface area (Å²) in [6.07, 6.45) is 3.19. The third kappa shape index (κ3) is 8.05. The lowest BCUT2D eigenvalue weighted by molar-refractivity contribution is -0.122. The summed E-state index contributed by atoms with van der Waals surface area (Å²) in [6.45, 7) is 9.02. The molecule has 8 rings (SSSR count). The number of imide groups is 1. The van der Waals surface area contributed by atoms with Crippen molar-refractivity contribution in [3.8, 4) is 5.75 Å². The first-order chi connectivity index (χ1) is 28.9. The van der Waals surface area contributed by atoms with Crippen LogP contribution in [0, 0.1) is 17.8 Å². The van der Waals surface area contributed by atoms with Crippen molar-refractivity contribution in [1.29, 1.82) is 0 Å². The van der Waals surface area contributed by atoms with Crippen molar-refractivity contribution in [1.82, 2.24) is 0 Å². The smallest absolute Gasteiger partial charge is 0.455 e. The summed E-state index contributed by atoms with van der Waals surface area (Å²) in [4.78, 5) is 30.7. The van der Waals surface area contributed by atoms with E-state index in [9.17, 15) is 19.7 Å². The van der Waals surface area contributed by atoms with E-state index >= 15 is 0 Å². The third-order valence-corrected chi connectivity index (χ3v) is 17.5. The summed E-state index contributed by atoms with van der Waals surface area (Å²) in [5, 5.41) is 27.3. The SMILES string of the molecule is C/C(=C\c1ccccc1O)CC[C@H]1OB(O)C[C@H]2C1=C(CO[Si](c1ccccc1)(c1ccccc1)C(C)(C)C)C[C@H]1C(=O)N(c3ccc(Nc4ccccc4)cc3)C(=O)[C@H]12. The van der Waals surface area contributed by atoms with Crippen molar-refractivity contribution in [2.45, 2.75) is 64.4 Å². The van der Waals surface area contributed by atoms with E-state index < -0.39 is 39.3 Å². The van der Waals surface area contributed by atoms with E-state index in [1.807, 2.05) is 91.9 Å². The van der Waals surface area contributed by atoms with Gasteiger partial charge in [-0.25, -0.2) is 0 Å². The average Bonchev–Trinajstić information content (AvgIpc) is 3.50. The Bertz CT molecular complexity index is 2340. The average molecular weight is 817 g/mol. The molecule has 5 aromatic carbocycles. The second kappa shape index (κ2) is 17.2. The second-order valence-electron chi connectivity index (χ2n) is 17.4. The maximum absolute atomic E-state index is 14.7. The van der Waals surface area contributed by atoms with Crippen molar-refractivity contribution in [3.05, 3.63) is 162 Å². The summed E-state index contributed by atoms with van der Waals surface area (Å²) >= 11 is 0. The summed E-state index contributed by atoms with van der Waals surface area (Å²) in [7, 11) is -4.11. The van der Waals surface area contributed by atoms with Gasteiger partial charge in [-0.05, 0) is 107 Å². The van der Waals surface area contributed by atoms with Gasteiger partial charge in [0, 0.05) is 16.9 Å². The lowest BCUT2D eigenvalue weighted by atomic mass is 9.58. The van der Waals surface area contributed by atoms with E-state index in [0.717, 1.165) is 44.0 Å². The number of hydrogen-bond acceptors (Lipinski definition) is 7. The van der Waals surface area contributed by atoms with E-state index in [2.05, 4.69) is 74.6 Å². The maximum Gasteiger partial charge on any atom is 0.455 e. The van der Waals surface area contributed by atoms with Gasteiger partial charge in [0.2, 0.25) is 11.8 Å². The van der Waals surface area contributed by atoms with Crippen LogP contribution in [0.3, 0.4) is 0 Å². The number of hydrogen-bond donors (Lipinski definition) is 3. The molecule has 2 amide bonds. The van der Waals surface area contributed by atoms with Gasteiger partial charge in [0.25, 0.3) is 8.32 Å². The van der Waals surface area contributed by atoms with Gasteiger partial charge in [-0.2, -0.15) is 0 Å². The fourth-order valence-electron chi connectivity index (χ4n) is 9.80. The number of para-hydroxylation sites is 2. The molecule has 0 spiro atoms. The minimum absolute atomic E-state index is 0.204. The lowest BCUT2D eigenvalue weighted by Crippen LogP contribution is -2.66. The molecule has 2 saturated heterocycles. The molecule has 0 aromatic heterocycles. The van der Waals surface area contributed by atoms with Gasteiger partial charge in [-0.3, -0.25) is 14.5 Å². The number of anilines is 3. The van der Waals surface area contributed by atoms with Crippen molar-refractivity contribution >= 4 is 60.8 Å². The topological polar surface area (TPSA) is 108 Å². The molecule has 0 radical (unpaired) electrons. The molecule has 0 unspecified atom stereocenters. The first-order valence-corrected chi connectivity index (χ1v) is 22.9. The van der Waals surface area contributed by atoms with Gasteiger partial charge >= 0.3 is 7.12 Å². The molecule has 8 nitrogen and oxygen atoms in total. The normalized spacial score (nSPS) is 20.9. The van der Waals surface area contributed by atoms with Crippen LogP contribution in [0.1, 0.15) is 52.5 Å². The molecule has 2 fully saturated rings. The van der Waals surface area contributed by atoms with Gasteiger partial charge in [0.15, 0.2) is 0 Å². The molecule has 1 aliphatic carbocycles. The van der Waals surface area contributed by atoms with E-state index in [1.165, 1.54) is 4.90 Å².